The van der Waals surface area contributed by atoms with Crippen LogP contribution >= 0.6 is 22.7 Å². The molecule has 0 unspecified atom stereocenters. The number of nitrogens with two attached hydrogens (primary N) is 1. The summed E-state index contributed by atoms with van der Waals surface area (Å²) in [6.45, 7) is 6.02. The van der Waals surface area contributed by atoms with Crippen LogP contribution in [0.15, 0.2) is 17.5 Å². The minimum Gasteiger partial charge on any atom is -0.365 e. The zero-order valence-electron chi connectivity index (χ0n) is 13.1. The van der Waals surface area contributed by atoms with Gasteiger partial charge in [-0.1, -0.05) is 6.07 Å². The Morgan fingerprint density at radius 3 is 2.78 bits per heavy atom. The van der Waals surface area contributed by atoms with Gasteiger partial charge in [0, 0.05) is 24.0 Å². The van der Waals surface area contributed by atoms with E-state index in [9.17, 15) is 9.59 Å². The molecular formula is C16H19N3O2S2. The first-order valence-corrected chi connectivity index (χ1v) is 9.20. The van der Waals surface area contributed by atoms with E-state index in [1.54, 1.807) is 6.07 Å². The summed E-state index contributed by atoms with van der Waals surface area (Å²) in [5.41, 5.74) is 7.06. The monoisotopic (exact) mass is 349 g/mol. The normalized spacial score (nSPS) is 14.7. The number of hydrogen-bond donors (Lipinski definition) is 2. The van der Waals surface area contributed by atoms with Crippen LogP contribution in [0.2, 0.25) is 0 Å². The number of nitrogens with zero attached hydrogens (tertiary/aromatic N) is 1. The molecule has 2 aromatic rings. The number of amides is 2. The minimum atomic E-state index is -0.470. The highest BCUT2D eigenvalue weighted by molar-refractivity contribution is 7.17. The van der Waals surface area contributed by atoms with Crippen molar-refractivity contribution in [1.29, 1.82) is 0 Å². The summed E-state index contributed by atoms with van der Waals surface area (Å²) >= 11 is 2.84. The van der Waals surface area contributed by atoms with Crippen molar-refractivity contribution in [3.63, 3.8) is 0 Å². The molecule has 3 heterocycles. The van der Waals surface area contributed by atoms with Crippen molar-refractivity contribution in [3.05, 3.63) is 38.4 Å². The van der Waals surface area contributed by atoms with Crippen LogP contribution < -0.4 is 11.1 Å². The van der Waals surface area contributed by atoms with E-state index in [0.29, 0.717) is 21.5 Å². The predicted octanol–water partition coefficient (Wildman–Crippen LogP) is 2.93. The van der Waals surface area contributed by atoms with E-state index in [2.05, 4.69) is 24.1 Å². The summed E-state index contributed by atoms with van der Waals surface area (Å²) in [5.74, 6) is -0.663. The zero-order chi connectivity index (χ0) is 16.6. The van der Waals surface area contributed by atoms with Gasteiger partial charge in [0.25, 0.3) is 11.8 Å². The number of primary amides is 1. The molecule has 0 aliphatic carbocycles. The maximum Gasteiger partial charge on any atom is 0.266 e. The molecule has 0 radical (unpaired) electrons. The highest BCUT2D eigenvalue weighted by Gasteiger charge is 2.28. The molecule has 0 fully saturated rings. The van der Waals surface area contributed by atoms with Gasteiger partial charge in [-0.25, -0.2) is 0 Å². The van der Waals surface area contributed by atoms with Crippen molar-refractivity contribution in [1.82, 2.24) is 4.90 Å². The topological polar surface area (TPSA) is 75.4 Å². The largest absolute Gasteiger partial charge is 0.365 e. The van der Waals surface area contributed by atoms with Crippen LogP contribution in [0.25, 0.3) is 0 Å². The maximum atomic E-state index is 12.3. The maximum absolute atomic E-state index is 12.3. The van der Waals surface area contributed by atoms with E-state index in [1.807, 2.05) is 11.4 Å². The van der Waals surface area contributed by atoms with E-state index in [-0.39, 0.29) is 5.91 Å². The summed E-state index contributed by atoms with van der Waals surface area (Å²) in [6, 6.07) is 4.04. The lowest BCUT2D eigenvalue weighted by Crippen LogP contribution is -2.35. The number of hydrogen-bond acceptors (Lipinski definition) is 5. The lowest BCUT2D eigenvalue weighted by Gasteiger charge is -2.30. The number of nitrogens with one attached hydrogen (secondary N) is 1. The lowest BCUT2D eigenvalue weighted by atomic mass is 10.0. The molecule has 2 aromatic heterocycles. The van der Waals surface area contributed by atoms with E-state index in [4.69, 9.17) is 5.73 Å². The standard InChI is InChI=1S/C16H19N3O2S2/c1-9(2)19-6-5-10-12(8-19)23-16(13(10)14(17)20)18-15(21)11-4-3-7-22-11/h3-4,7,9H,5-6,8H2,1-2H3,(H2,17,20)(H,18,21). The fraction of sp³-hybridized carbons (Fsp3) is 0.375. The molecule has 0 spiro atoms. The van der Waals surface area contributed by atoms with Gasteiger partial charge < -0.3 is 11.1 Å². The summed E-state index contributed by atoms with van der Waals surface area (Å²) < 4.78 is 0. The molecular weight excluding hydrogens is 330 g/mol. The van der Waals surface area contributed by atoms with Crippen LogP contribution in [0.4, 0.5) is 5.00 Å². The Labute approximate surface area is 143 Å². The molecule has 3 rings (SSSR count). The summed E-state index contributed by atoms with van der Waals surface area (Å²) in [7, 11) is 0. The average Bonchev–Trinajstić information content (AvgIpc) is 3.13. The molecule has 1 aliphatic rings. The van der Waals surface area contributed by atoms with Crippen molar-refractivity contribution in [3.8, 4) is 0 Å². The molecule has 0 saturated heterocycles. The van der Waals surface area contributed by atoms with Gasteiger partial charge in [0.2, 0.25) is 0 Å². The molecule has 3 N–H and O–H groups in total. The van der Waals surface area contributed by atoms with E-state index in [1.165, 1.54) is 22.7 Å². The Bertz CT molecular complexity index is 735. The average molecular weight is 349 g/mol. The van der Waals surface area contributed by atoms with Gasteiger partial charge in [-0.15, -0.1) is 22.7 Å². The highest BCUT2D eigenvalue weighted by Crippen LogP contribution is 2.37. The van der Waals surface area contributed by atoms with Gasteiger partial charge in [-0.05, 0) is 37.3 Å². The predicted molar refractivity (Wildman–Crippen MR) is 94.4 cm³/mol. The van der Waals surface area contributed by atoms with E-state index >= 15 is 0 Å². The molecule has 0 saturated carbocycles. The summed E-state index contributed by atoms with van der Waals surface area (Å²) in [6.07, 6.45) is 0.789. The molecule has 7 heteroatoms. The van der Waals surface area contributed by atoms with Gasteiger partial charge in [0.05, 0.1) is 10.4 Å². The van der Waals surface area contributed by atoms with Gasteiger partial charge in [0.15, 0.2) is 0 Å². The molecule has 0 aromatic carbocycles. The number of carbonyl (C=O) groups is 2. The quantitative estimate of drug-likeness (QED) is 0.891. The fourth-order valence-electron chi connectivity index (χ4n) is 2.79. The van der Waals surface area contributed by atoms with Gasteiger partial charge in [-0.3, -0.25) is 14.5 Å². The smallest absolute Gasteiger partial charge is 0.266 e. The van der Waals surface area contributed by atoms with E-state index < -0.39 is 5.91 Å². The first-order valence-electron chi connectivity index (χ1n) is 7.50. The first-order chi connectivity index (χ1) is 11.0. The third-order valence-electron chi connectivity index (χ3n) is 4.04. The van der Waals surface area contributed by atoms with Gasteiger partial charge in [0.1, 0.15) is 5.00 Å². The van der Waals surface area contributed by atoms with Crippen LogP contribution in [-0.2, 0) is 13.0 Å². The number of carbonyl (C=O) groups excluding carboxylic acids is 2. The molecule has 5 nitrogen and oxygen atoms in total. The van der Waals surface area contributed by atoms with Crippen molar-refractivity contribution >= 4 is 39.5 Å². The molecule has 2 amide bonds. The van der Waals surface area contributed by atoms with Crippen LogP contribution in [0.5, 0.6) is 0 Å². The van der Waals surface area contributed by atoms with Crippen molar-refractivity contribution in [2.45, 2.75) is 32.9 Å². The number of thiophene rings is 2. The van der Waals surface area contributed by atoms with Crippen LogP contribution in [0.3, 0.4) is 0 Å². The third kappa shape index (κ3) is 3.17. The summed E-state index contributed by atoms with van der Waals surface area (Å²) in [4.78, 5) is 28.3. The van der Waals surface area contributed by atoms with Crippen LogP contribution in [0, 0.1) is 0 Å². The number of rotatable bonds is 4. The molecule has 0 bridgehead atoms. The minimum absolute atomic E-state index is 0.193. The second-order valence-corrected chi connectivity index (χ2v) is 7.87. The van der Waals surface area contributed by atoms with Crippen LogP contribution in [-0.4, -0.2) is 29.3 Å². The van der Waals surface area contributed by atoms with Crippen molar-refractivity contribution in [2.24, 2.45) is 5.73 Å². The third-order valence-corrected chi connectivity index (χ3v) is 6.04. The van der Waals surface area contributed by atoms with Gasteiger partial charge >= 0.3 is 0 Å². The molecule has 23 heavy (non-hydrogen) atoms. The number of anilines is 1. The van der Waals surface area contributed by atoms with Crippen molar-refractivity contribution in [2.75, 3.05) is 11.9 Å². The fourth-order valence-corrected chi connectivity index (χ4v) is 4.68. The van der Waals surface area contributed by atoms with Gasteiger partial charge in [-0.2, -0.15) is 0 Å². The Morgan fingerprint density at radius 1 is 1.39 bits per heavy atom. The zero-order valence-corrected chi connectivity index (χ0v) is 14.7. The second kappa shape index (κ2) is 6.43. The summed E-state index contributed by atoms with van der Waals surface area (Å²) in [5, 5.41) is 5.29. The Hall–Kier alpha value is -1.70. The molecule has 1 aliphatic heterocycles. The molecule has 122 valence electrons. The van der Waals surface area contributed by atoms with Crippen LogP contribution in [0.1, 0.15) is 44.3 Å². The Kier molecular flexibility index (Phi) is 4.52. The SMILES string of the molecule is CC(C)N1CCc2c(sc(NC(=O)c3cccs3)c2C(N)=O)C1. The van der Waals surface area contributed by atoms with Crippen molar-refractivity contribution < 1.29 is 9.59 Å². The first kappa shape index (κ1) is 16.2. The highest BCUT2D eigenvalue weighted by atomic mass is 32.1. The Balaban J connectivity index is 1.92. The van der Waals surface area contributed by atoms with E-state index in [0.717, 1.165) is 30.0 Å². The lowest BCUT2D eigenvalue weighted by molar-refractivity contribution is 0.0999. The number of fused-ring (bicyclic) bond motifs is 1. The second-order valence-electron chi connectivity index (χ2n) is 5.82. The molecule has 0 atom stereocenters. The Morgan fingerprint density at radius 2 is 2.17 bits per heavy atom.